The molecule has 2 N–H and O–H groups in total. The van der Waals surface area contributed by atoms with Crippen LogP contribution in [-0.2, 0) is 19.9 Å². The minimum absolute atomic E-state index is 0.0750. The van der Waals surface area contributed by atoms with Gasteiger partial charge in [-0.15, -0.1) is 0 Å². The summed E-state index contributed by atoms with van der Waals surface area (Å²) >= 11 is 0. The summed E-state index contributed by atoms with van der Waals surface area (Å²) in [6, 6.07) is 5.19. The van der Waals surface area contributed by atoms with Crippen molar-refractivity contribution in [3.63, 3.8) is 0 Å². The molecule has 13 heteroatoms. The maximum absolute atomic E-state index is 12.6. The average molecular weight is 444 g/mol. The van der Waals surface area contributed by atoms with E-state index in [-0.39, 0.29) is 28.4 Å². The predicted octanol–water partition coefficient (Wildman–Crippen LogP) is 1.19. The molecule has 0 spiro atoms. The molecule has 2 amide bonds. The highest BCUT2D eigenvalue weighted by atomic mass is 32.2. The van der Waals surface area contributed by atoms with Crippen LogP contribution in [-0.4, -0.2) is 52.8 Å². The maximum Gasteiger partial charge on any atom is 0.335 e. The van der Waals surface area contributed by atoms with Gasteiger partial charge in [0.2, 0.25) is 17.7 Å². The minimum atomic E-state index is -4.50. The number of anilines is 1. The van der Waals surface area contributed by atoms with E-state index in [4.69, 9.17) is 9.47 Å². The van der Waals surface area contributed by atoms with Crippen molar-refractivity contribution in [2.45, 2.75) is 23.1 Å². The Bertz CT molecular complexity index is 1080. The van der Waals surface area contributed by atoms with Crippen molar-refractivity contribution in [3.05, 3.63) is 30.3 Å². The molecule has 0 aliphatic heterocycles. The van der Waals surface area contributed by atoms with Crippen LogP contribution in [0.1, 0.15) is 13.3 Å². The molecule has 2 aromatic rings. The van der Waals surface area contributed by atoms with E-state index in [1.807, 2.05) is 0 Å². The van der Waals surface area contributed by atoms with Gasteiger partial charge in [-0.3, -0.25) is 5.32 Å². The summed E-state index contributed by atoms with van der Waals surface area (Å²) in [5.41, 5.74) is 0. The van der Waals surface area contributed by atoms with E-state index in [9.17, 15) is 21.6 Å². The zero-order valence-corrected chi connectivity index (χ0v) is 17.5. The van der Waals surface area contributed by atoms with Gasteiger partial charge in [0.05, 0.1) is 30.9 Å². The van der Waals surface area contributed by atoms with Crippen LogP contribution in [0, 0.1) is 0 Å². The molecule has 2 rings (SSSR count). The Morgan fingerprint density at radius 2 is 1.55 bits per heavy atom. The first kappa shape index (κ1) is 22.4. The normalized spacial score (nSPS) is 11.6. The Balaban J connectivity index is 2.30. The lowest BCUT2D eigenvalue weighted by Crippen LogP contribution is -2.35. The molecule has 1 aromatic heterocycles. The van der Waals surface area contributed by atoms with Crippen molar-refractivity contribution >= 4 is 31.8 Å². The lowest BCUT2D eigenvalue weighted by molar-refractivity contribution is 0.256. The number of hydrogen-bond acceptors (Lipinski definition) is 9. The molecule has 0 fully saturated rings. The first-order chi connectivity index (χ1) is 13.6. The van der Waals surface area contributed by atoms with E-state index in [2.05, 4.69) is 15.3 Å². The van der Waals surface area contributed by atoms with Crippen molar-refractivity contribution in [1.29, 1.82) is 0 Å². The molecular formula is C16H20N4O7S2. The number of carbonyl (C=O) groups excluding carboxylic acids is 1. The van der Waals surface area contributed by atoms with Crippen molar-refractivity contribution in [2.75, 3.05) is 25.3 Å². The van der Waals surface area contributed by atoms with Gasteiger partial charge in [0, 0.05) is 0 Å². The third kappa shape index (κ3) is 5.54. The Hall–Kier alpha value is -2.93. The molecule has 0 saturated carbocycles. The first-order valence-electron chi connectivity index (χ1n) is 8.25. The standard InChI is InChI=1S/C16H20N4O7S2/c1-4-9-28(22,23)11-7-5-6-8-12(11)29(24,25)20-16(21)19-15-17-13(26-2)10-14(18-15)27-3/h5-8,10H,4,9H2,1-3H3,(H2,17,18,19,20,21). The van der Waals surface area contributed by atoms with Crippen LogP contribution >= 0.6 is 0 Å². The van der Waals surface area contributed by atoms with Crippen LogP contribution in [0.3, 0.4) is 0 Å². The number of hydrogen-bond donors (Lipinski definition) is 2. The molecule has 0 atom stereocenters. The quantitative estimate of drug-likeness (QED) is 0.611. The summed E-state index contributed by atoms with van der Waals surface area (Å²) in [6.07, 6.45) is 0.305. The van der Waals surface area contributed by atoms with Gasteiger partial charge in [0.1, 0.15) is 4.90 Å². The zero-order valence-electron chi connectivity index (χ0n) is 15.9. The Kier molecular flexibility index (Phi) is 6.97. The van der Waals surface area contributed by atoms with Crippen LogP contribution in [0.4, 0.5) is 10.7 Å². The molecule has 0 unspecified atom stereocenters. The van der Waals surface area contributed by atoms with E-state index in [1.54, 1.807) is 11.6 Å². The third-order valence-corrected chi connectivity index (χ3v) is 6.99. The van der Waals surface area contributed by atoms with Gasteiger partial charge in [-0.2, -0.15) is 9.97 Å². The number of carbonyl (C=O) groups is 1. The number of benzene rings is 1. The van der Waals surface area contributed by atoms with Crippen LogP contribution in [0.25, 0.3) is 0 Å². The van der Waals surface area contributed by atoms with Crippen LogP contribution in [0.2, 0.25) is 0 Å². The third-order valence-electron chi connectivity index (χ3n) is 3.50. The van der Waals surface area contributed by atoms with Crippen LogP contribution in [0.15, 0.2) is 40.1 Å². The number of nitrogens with one attached hydrogen (secondary N) is 2. The molecule has 0 aliphatic rings. The zero-order chi connectivity index (χ0) is 21.7. The van der Waals surface area contributed by atoms with Gasteiger partial charge < -0.3 is 9.47 Å². The lowest BCUT2D eigenvalue weighted by atomic mass is 10.4. The second kappa shape index (κ2) is 9.05. The van der Waals surface area contributed by atoms with Gasteiger partial charge in [0.15, 0.2) is 9.84 Å². The second-order valence-corrected chi connectivity index (χ2v) is 9.33. The number of sulfone groups is 1. The molecule has 0 bridgehead atoms. The highest BCUT2D eigenvalue weighted by Crippen LogP contribution is 2.22. The monoisotopic (exact) mass is 444 g/mol. The Labute approximate surface area is 168 Å². The number of sulfonamides is 1. The Morgan fingerprint density at radius 1 is 1.00 bits per heavy atom. The summed E-state index contributed by atoms with van der Waals surface area (Å²) in [5.74, 6) is -0.360. The highest BCUT2D eigenvalue weighted by Gasteiger charge is 2.27. The Morgan fingerprint density at radius 3 is 2.07 bits per heavy atom. The fourth-order valence-electron chi connectivity index (χ4n) is 2.28. The molecular weight excluding hydrogens is 424 g/mol. The van der Waals surface area contributed by atoms with Crippen molar-refractivity contribution in [3.8, 4) is 11.8 Å². The van der Waals surface area contributed by atoms with Gasteiger partial charge in [-0.25, -0.2) is 26.4 Å². The minimum Gasteiger partial charge on any atom is -0.481 e. The number of urea groups is 1. The summed E-state index contributed by atoms with van der Waals surface area (Å²) in [6.45, 7) is 1.66. The van der Waals surface area contributed by atoms with Crippen molar-refractivity contribution < 1.29 is 31.1 Å². The predicted molar refractivity (Wildman–Crippen MR) is 103 cm³/mol. The SMILES string of the molecule is CCCS(=O)(=O)c1ccccc1S(=O)(=O)NC(=O)Nc1nc(OC)cc(OC)n1. The molecule has 11 nitrogen and oxygen atoms in total. The molecule has 29 heavy (non-hydrogen) atoms. The second-order valence-electron chi connectivity index (χ2n) is 5.60. The van der Waals surface area contributed by atoms with Gasteiger partial charge in [-0.05, 0) is 18.6 Å². The number of aromatic nitrogens is 2. The van der Waals surface area contributed by atoms with Crippen molar-refractivity contribution in [2.24, 2.45) is 0 Å². The topological polar surface area (TPSA) is 154 Å². The number of ether oxygens (including phenoxy) is 2. The fraction of sp³-hybridized carbons (Fsp3) is 0.312. The summed E-state index contributed by atoms with van der Waals surface area (Å²) in [7, 11) is -5.67. The fourth-order valence-corrected chi connectivity index (χ4v) is 5.40. The molecule has 0 radical (unpaired) electrons. The summed E-state index contributed by atoms with van der Waals surface area (Å²) < 4.78 is 61.6. The van der Waals surface area contributed by atoms with Gasteiger partial charge in [-0.1, -0.05) is 19.1 Å². The molecule has 1 heterocycles. The molecule has 158 valence electrons. The van der Waals surface area contributed by atoms with Gasteiger partial charge >= 0.3 is 6.03 Å². The number of amides is 2. The summed E-state index contributed by atoms with van der Waals surface area (Å²) in [4.78, 5) is 18.9. The first-order valence-corrected chi connectivity index (χ1v) is 11.4. The largest absolute Gasteiger partial charge is 0.481 e. The summed E-state index contributed by atoms with van der Waals surface area (Å²) in [5, 5.41) is 2.14. The van der Waals surface area contributed by atoms with E-state index in [0.29, 0.717) is 6.42 Å². The molecule has 0 aliphatic carbocycles. The van der Waals surface area contributed by atoms with E-state index < -0.39 is 30.8 Å². The molecule has 1 aromatic carbocycles. The van der Waals surface area contributed by atoms with E-state index in [0.717, 1.165) is 6.07 Å². The maximum atomic E-state index is 12.6. The van der Waals surface area contributed by atoms with Crippen LogP contribution in [0.5, 0.6) is 11.8 Å². The lowest BCUT2D eigenvalue weighted by Gasteiger charge is -2.12. The van der Waals surface area contributed by atoms with E-state index >= 15 is 0 Å². The smallest absolute Gasteiger partial charge is 0.335 e. The highest BCUT2D eigenvalue weighted by molar-refractivity contribution is 7.94. The average Bonchev–Trinajstić information content (AvgIpc) is 2.67. The molecule has 0 saturated heterocycles. The van der Waals surface area contributed by atoms with Crippen molar-refractivity contribution in [1.82, 2.24) is 14.7 Å². The number of methoxy groups -OCH3 is 2. The number of rotatable bonds is 8. The van der Waals surface area contributed by atoms with Gasteiger partial charge in [0.25, 0.3) is 10.0 Å². The van der Waals surface area contributed by atoms with E-state index in [1.165, 1.54) is 38.5 Å². The van der Waals surface area contributed by atoms with Crippen LogP contribution < -0.4 is 19.5 Å². The number of nitrogens with zero attached hydrogens (tertiary/aromatic N) is 2.